The summed E-state index contributed by atoms with van der Waals surface area (Å²) in [5, 5.41) is 7.42. The van der Waals surface area contributed by atoms with Crippen LogP contribution in [0.1, 0.15) is 53.9 Å². The maximum absolute atomic E-state index is 10.9. The van der Waals surface area contributed by atoms with Crippen molar-refractivity contribution in [1.29, 1.82) is 0 Å². The molecule has 0 saturated heterocycles. The molecule has 106 valence electrons. The van der Waals surface area contributed by atoms with Gasteiger partial charge in [-0.15, -0.1) is 0 Å². The summed E-state index contributed by atoms with van der Waals surface area (Å²) in [6, 6.07) is 0. The molecular weight excluding hydrogens is 232 g/mol. The van der Waals surface area contributed by atoms with E-state index in [0.29, 0.717) is 11.8 Å². The van der Waals surface area contributed by atoms with Crippen LogP contribution < -0.4 is 0 Å². The molecule has 1 rings (SSSR count). The maximum atomic E-state index is 10.9. The van der Waals surface area contributed by atoms with Crippen LogP contribution in [0.3, 0.4) is 0 Å². The van der Waals surface area contributed by atoms with Crippen LogP contribution in [-0.2, 0) is 14.3 Å². The minimum Gasteiger partial charge on any atom is -0.481 e. The Kier molecular flexibility index (Phi) is 7.64. The predicted octanol–water partition coefficient (Wildman–Crippen LogP) is 3.10. The number of aliphatic carboxylic acids is 1. The zero-order valence-corrected chi connectivity index (χ0v) is 12.1. The quantitative estimate of drug-likeness (QED) is 0.773. The highest BCUT2D eigenvalue weighted by atomic mass is 16.5. The van der Waals surface area contributed by atoms with Gasteiger partial charge in [0.05, 0.1) is 0 Å². The van der Waals surface area contributed by atoms with Crippen molar-refractivity contribution in [3.8, 4) is 0 Å². The molecule has 1 aliphatic rings. The smallest absolute Gasteiger partial charge is 0.302 e. The Morgan fingerprint density at radius 3 is 2.06 bits per heavy atom. The molecule has 0 heterocycles. The van der Waals surface area contributed by atoms with Gasteiger partial charge in [-0.2, -0.15) is 0 Å². The minimum absolute atomic E-state index is 0.133. The third-order valence-corrected chi connectivity index (χ3v) is 3.21. The lowest BCUT2D eigenvalue weighted by Crippen LogP contribution is -2.31. The molecule has 0 aromatic heterocycles. The standard InChI is InChI=1S/C12H22O2.C2H4O2/c1-8(2)11-5-9(3)6-12(7-11)14-10(4)13;1-2(3)4/h8-9,11-12H,5-7H2,1-4H3;1H3,(H,3,4)/t9?,11-,12?;/m0./s1. The lowest BCUT2D eigenvalue weighted by atomic mass is 9.75. The third kappa shape index (κ3) is 8.09. The van der Waals surface area contributed by atoms with Crippen molar-refractivity contribution in [2.24, 2.45) is 17.8 Å². The Morgan fingerprint density at radius 2 is 1.67 bits per heavy atom. The first-order valence-electron chi connectivity index (χ1n) is 6.59. The number of hydrogen-bond donors (Lipinski definition) is 1. The fraction of sp³-hybridized carbons (Fsp3) is 0.857. The summed E-state index contributed by atoms with van der Waals surface area (Å²) < 4.78 is 5.30. The van der Waals surface area contributed by atoms with Crippen LogP contribution in [0, 0.1) is 17.8 Å². The predicted molar refractivity (Wildman–Crippen MR) is 70.2 cm³/mol. The van der Waals surface area contributed by atoms with Gasteiger partial charge in [0.2, 0.25) is 0 Å². The number of rotatable bonds is 2. The summed E-state index contributed by atoms with van der Waals surface area (Å²) in [7, 11) is 0. The van der Waals surface area contributed by atoms with E-state index >= 15 is 0 Å². The number of carboxylic acid groups (broad SMARTS) is 1. The highest BCUT2D eigenvalue weighted by Gasteiger charge is 2.29. The van der Waals surface area contributed by atoms with Gasteiger partial charge in [-0.1, -0.05) is 20.8 Å². The van der Waals surface area contributed by atoms with Gasteiger partial charge in [-0.05, 0) is 37.0 Å². The molecule has 1 saturated carbocycles. The van der Waals surface area contributed by atoms with Gasteiger partial charge >= 0.3 is 5.97 Å². The molecule has 1 aliphatic carbocycles. The van der Waals surface area contributed by atoms with E-state index in [4.69, 9.17) is 14.6 Å². The van der Waals surface area contributed by atoms with Gasteiger partial charge in [0, 0.05) is 13.8 Å². The first-order chi connectivity index (χ1) is 8.22. The highest BCUT2D eigenvalue weighted by Crippen LogP contribution is 2.34. The SMILES string of the molecule is CC(=O)O.CC(=O)OC1CC(C)C[C@H](C(C)C)C1. The Labute approximate surface area is 110 Å². The van der Waals surface area contributed by atoms with E-state index < -0.39 is 5.97 Å². The van der Waals surface area contributed by atoms with Gasteiger partial charge in [-0.25, -0.2) is 0 Å². The van der Waals surface area contributed by atoms with Crippen molar-refractivity contribution < 1.29 is 19.4 Å². The lowest BCUT2D eigenvalue weighted by molar-refractivity contribution is -0.149. The monoisotopic (exact) mass is 258 g/mol. The second-order valence-corrected chi connectivity index (χ2v) is 5.57. The molecule has 0 aliphatic heterocycles. The van der Waals surface area contributed by atoms with E-state index in [1.54, 1.807) is 0 Å². The topological polar surface area (TPSA) is 63.6 Å². The number of ether oxygens (including phenoxy) is 1. The Bertz CT molecular complexity index is 269. The molecule has 3 atom stereocenters. The van der Waals surface area contributed by atoms with Gasteiger partial charge < -0.3 is 9.84 Å². The molecule has 1 N–H and O–H groups in total. The van der Waals surface area contributed by atoms with Crippen LogP contribution >= 0.6 is 0 Å². The third-order valence-electron chi connectivity index (χ3n) is 3.21. The minimum atomic E-state index is -0.833. The maximum Gasteiger partial charge on any atom is 0.302 e. The average molecular weight is 258 g/mol. The number of carbonyl (C=O) groups excluding carboxylic acids is 1. The van der Waals surface area contributed by atoms with Crippen LogP contribution in [0.5, 0.6) is 0 Å². The summed E-state index contributed by atoms with van der Waals surface area (Å²) in [5.41, 5.74) is 0. The molecule has 2 unspecified atom stereocenters. The normalized spacial score (nSPS) is 27.1. The second kappa shape index (κ2) is 8.11. The largest absolute Gasteiger partial charge is 0.481 e. The summed E-state index contributed by atoms with van der Waals surface area (Å²) in [6.07, 6.45) is 3.56. The van der Waals surface area contributed by atoms with Crippen LogP contribution in [0.25, 0.3) is 0 Å². The van der Waals surface area contributed by atoms with Crippen molar-refractivity contribution in [1.82, 2.24) is 0 Å². The Morgan fingerprint density at radius 1 is 1.17 bits per heavy atom. The first-order valence-corrected chi connectivity index (χ1v) is 6.59. The van der Waals surface area contributed by atoms with E-state index in [2.05, 4.69) is 20.8 Å². The van der Waals surface area contributed by atoms with E-state index in [-0.39, 0.29) is 12.1 Å². The Hall–Kier alpha value is -1.06. The average Bonchev–Trinajstić information content (AvgIpc) is 2.14. The van der Waals surface area contributed by atoms with Crippen LogP contribution in [0.4, 0.5) is 0 Å². The van der Waals surface area contributed by atoms with Crippen LogP contribution in [-0.4, -0.2) is 23.1 Å². The van der Waals surface area contributed by atoms with Crippen molar-refractivity contribution in [2.75, 3.05) is 0 Å². The first kappa shape index (κ1) is 16.9. The molecule has 0 amide bonds. The summed E-state index contributed by atoms with van der Waals surface area (Å²) in [6.45, 7) is 9.36. The van der Waals surface area contributed by atoms with Crippen LogP contribution in [0.15, 0.2) is 0 Å². The zero-order valence-electron chi connectivity index (χ0n) is 12.1. The molecular formula is C14H26O4. The summed E-state index contributed by atoms with van der Waals surface area (Å²) in [5.74, 6) is 1.16. The van der Waals surface area contributed by atoms with Crippen molar-refractivity contribution >= 4 is 11.9 Å². The molecule has 0 bridgehead atoms. The summed E-state index contributed by atoms with van der Waals surface area (Å²) >= 11 is 0. The number of hydrogen-bond acceptors (Lipinski definition) is 3. The molecule has 0 spiro atoms. The molecule has 18 heavy (non-hydrogen) atoms. The molecule has 4 nitrogen and oxygen atoms in total. The van der Waals surface area contributed by atoms with Gasteiger partial charge in [-0.3, -0.25) is 9.59 Å². The highest BCUT2D eigenvalue weighted by molar-refractivity contribution is 5.66. The summed E-state index contributed by atoms with van der Waals surface area (Å²) in [4.78, 5) is 19.9. The van der Waals surface area contributed by atoms with Crippen molar-refractivity contribution in [3.63, 3.8) is 0 Å². The van der Waals surface area contributed by atoms with Gasteiger partial charge in [0.25, 0.3) is 5.97 Å². The molecule has 0 radical (unpaired) electrons. The zero-order chi connectivity index (χ0) is 14.3. The fourth-order valence-corrected chi connectivity index (χ4v) is 2.47. The van der Waals surface area contributed by atoms with Gasteiger partial charge in [0.1, 0.15) is 6.10 Å². The number of carboxylic acids is 1. The second-order valence-electron chi connectivity index (χ2n) is 5.57. The number of esters is 1. The molecule has 0 aromatic rings. The van der Waals surface area contributed by atoms with E-state index in [1.165, 1.54) is 13.3 Å². The van der Waals surface area contributed by atoms with Crippen molar-refractivity contribution in [3.05, 3.63) is 0 Å². The molecule has 1 fully saturated rings. The van der Waals surface area contributed by atoms with Gasteiger partial charge in [0.15, 0.2) is 0 Å². The number of carbonyl (C=O) groups is 2. The Balaban J connectivity index is 0.000000631. The lowest BCUT2D eigenvalue weighted by Gasteiger charge is -2.34. The van der Waals surface area contributed by atoms with E-state index in [9.17, 15) is 4.79 Å². The molecule has 4 heteroatoms. The van der Waals surface area contributed by atoms with Crippen molar-refractivity contribution in [2.45, 2.75) is 60.0 Å². The van der Waals surface area contributed by atoms with E-state index in [1.807, 2.05) is 0 Å². The molecule has 0 aromatic carbocycles. The van der Waals surface area contributed by atoms with Crippen LogP contribution in [0.2, 0.25) is 0 Å². The fourth-order valence-electron chi connectivity index (χ4n) is 2.47. The van der Waals surface area contributed by atoms with E-state index in [0.717, 1.165) is 25.7 Å².